The van der Waals surface area contributed by atoms with E-state index in [1.54, 1.807) is 11.8 Å². The van der Waals surface area contributed by atoms with Crippen LogP contribution in [0.3, 0.4) is 0 Å². The van der Waals surface area contributed by atoms with Crippen molar-refractivity contribution in [2.24, 2.45) is 5.73 Å². The SMILES string of the molecule is CSCCNC(=O)c1ccc(F)cc1C#CCN. The van der Waals surface area contributed by atoms with Crippen LogP contribution in [0, 0.1) is 17.7 Å². The van der Waals surface area contributed by atoms with Gasteiger partial charge in [-0.15, -0.1) is 0 Å². The maximum atomic E-state index is 13.1. The summed E-state index contributed by atoms with van der Waals surface area (Å²) >= 11 is 1.64. The highest BCUT2D eigenvalue weighted by molar-refractivity contribution is 7.98. The molecule has 0 bridgehead atoms. The number of nitrogens with one attached hydrogen (secondary N) is 1. The van der Waals surface area contributed by atoms with Crippen molar-refractivity contribution in [3.8, 4) is 11.8 Å². The van der Waals surface area contributed by atoms with Gasteiger partial charge in [-0.3, -0.25) is 4.79 Å². The van der Waals surface area contributed by atoms with Crippen LogP contribution in [0.4, 0.5) is 4.39 Å². The molecular formula is C13H15FN2OS. The standard InChI is InChI=1S/C13H15FN2OS/c1-18-8-7-16-13(17)12-5-4-11(14)9-10(12)3-2-6-15/h4-5,9H,6-8,15H2,1H3,(H,16,17). The largest absolute Gasteiger partial charge is 0.351 e. The molecule has 18 heavy (non-hydrogen) atoms. The topological polar surface area (TPSA) is 55.1 Å². The Labute approximate surface area is 110 Å². The molecule has 1 aromatic carbocycles. The molecular weight excluding hydrogens is 251 g/mol. The van der Waals surface area contributed by atoms with E-state index < -0.39 is 5.82 Å². The van der Waals surface area contributed by atoms with Crippen molar-refractivity contribution in [1.29, 1.82) is 0 Å². The average molecular weight is 266 g/mol. The van der Waals surface area contributed by atoms with Crippen molar-refractivity contribution < 1.29 is 9.18 Å². The van der Waals surface area contributed by atoms with Crippen LogP contribution in [0.15, 0.2) is 18.2 Å². The first-order valence-corrected chi connectivity index (χ1v) is 6.84. The van der Waals surface area contributed by atoms with Gasteiger partial charge in [-0.25, -0.2) is 4.39 Å². The maximum absolute atomic E-state index is 13.1. The van der Waals surface area contributed by atoms with E-state index in [1.165, 1.54) is 18.2 Å². The van der Waals surface area contributed by atoms with E-state index >= 15 is 0 Å². The van der Waals surface area contributed by atoms with Crippen LogP contribution in [-0.4, -0.2) is 31.0 Å². The minimum absolute atomic E-state index is 0.171. The van der Waals surface area contributed by atoms with Gasteiger partial charge in [0.2, 0.25) is 0 Å². The molecule has 0 unspecified atom stereocenters. The van der Waals surface area contributed by atoms with Crippen molar-refractivity contribution >= 4 is 17.7 Å². The molecule has 3 N–H and O–H groups in total. The van der Waals surface area contributed by atoms with Crippen molar-refractivity contribution in [3.63, 3.8) is 0 Å². The molecule has 0 saturated carbocycles. The predicted octanol–water partition coefficient (Wildman–Crippen LogP) is 1.23. The summed E-state index contributed by atoms with van der Waals surface area (Å²) in [6.45, 7) is 0.741. The maximum Gasteiger partial charge on any atom is 0.252 e. The molecule has 0 aliphatic carbocycles. The van der Waals surface area contributed by atoms with E-state index in [1.807, 2.05) is 6.26 Å². The number of thioether (sulfide) groups is 1. The molecule has 0 radical (unpaired) electrons. The molecule has 0 saturated heterocycles. The van der Waals surface area contributed by atoms with Gasteiger partial charge in [0, 0.05) is 17.9 Å². The van der Waals surface area contributed by atoms with Gasteiger partial charge in [0.05, 0.1) is 12.1 Å². The molecule has 0 heterocycles. The van der Waals surface area contributed by atoms with Gasteiger partial charge in [0.1, 0.15) is 5.82 Å². The highest BCUT2D eigenvalue weighted by atomic mass is 32.2. The Morgan fingerprint density at radius 3 is 3.00 bits per heavy atom. The van der Waals surface area contributed by atoms with Gasteiger partial charge in [-0.2, -0.15) is 11.8 Å². The Morgan fingerprint density at radius 1 is 1.56 bits per heavy atom. The quantitative estimate of drug-likeness (QED) is 0.636. The molecule has 0 spiro atoms. The van der Waals surface area contributed by atoms with Crippen LogP contribution in [0.25, 0.3) is 0 Å². The Kier molecular flexibility index (Phi) is 6.26. The smallest absolute Gasteiger partial charge is 0.252 e. The lowest BCUT2D eigenvalue weighted by Crippen LogP contribution is -2.26. The monoisotopic (exact) mass is 266 g/mol. The fourth-order valence-electron chi connectivity index (χ4n) is 1.33. The first-order chi connectivity index (χ1) is 8.69. The van der Waals surface area contributed by atoms with Crippen LogP contribution < -0.4 is 11.1 Å². The van der Waals surface area contributed by atoms with E-state index in [9.17, 15) is 9.18 Å². The van der Waals surface area contributed by atoms with E-state index in [0.29, 0.717) is 17.7 Å². The van der Waals surface area contributed by atoms with Crippen molar-refractivity contribution in [1.82, 2.24) is 5.32 Å². The third-order valence-corrected chi connectivity index (χ3v) is 2.76. The molecule has 5 heteroatoms. The molecule has 0 aliphatic heterocycles. The molecule has 3 nitrogen and oxygen atoms in total. The first-order valence-electron chi connectivity index (χ1n) is 5.44. The summed E-state index contributed by atoms with van der Waals surface area (Å²) in [5.41, 5.74) is 6.00. The number of halogens is 1. The number of carbonyl (C=O) groups excluding carboxylic acids is 1. The zero-order valence-electron chi connectivity index (χ0n) is 10.1. The second-order valence-corrected chi connectivity index (χ2v) is 4.43. The third kappa shape index (κ3) is 4.40. The Balaban J connectivity index is 2.89. The summed E-state index contributed by atoms with van der Waals surface area (Å²) in [5, 5.41) is 2.75. The second-order valence-electron chi connectivity index (χ2n) is 3.44. The van der Waals surface area contributed by atoms with Crippen LogP contribution in [-0.2, 0) is 0 Å². The fourth-order valence-corrected chi connectivity index (χ4v) is 1.63. The zero-order valence-corrected chi connectivity index (χ0v) is 10.9. The van der Waals surface area contributed by atoms with Gasteiger partial charge < -0.3 is 11.1 Å². The lowest BCUT2D eigenvalue weighted by molar-refractivity contribution is 0.0956. The summed E-state index contributed by atoms with van der Waals surface area (Å²) < 4.78 is 13.1. The number of benzene rings is 1. The highest BCUT2D eigenvalue weighted by Gasteiger charge is 2.10. The normalized spacial score (nSPS) is 9.50. The number of carbonyl (C=O) groups is 1. The lowest BCUT2D eigenvalue weighted by atomic mass is 10.1. The summed E-state index contributed by atoms with van der Waals surface area (Å²) in [4.78, 5) is 11.9. The zero-order chi connectivity index (χ0) is 13.4. The molecule has 0 aromatic heterocycles. The van der Waals surface area contributed by atoms with E-state index in [4.69, 9.17) is 5.73 Å². The Bertz CT molecular complexity index is 480. The predicted molar refractivity (Wildman–Crippen MR) is 73.0 cm³/mol. The van der Waals surface area contributed by atoms with Crippen molar-refractivity contribution in [3.05, 3.63) is 35.1 Å². The van der Waals surface area contributed by atoms with E-state index in [2.05, 4.69) is 17.2 Å². The molecule has 0 atom stereocenters. The highest BCUT2D eigenvalue weighted by Crippen LogP contribution is 2.10. The Hall–Kier alpha value is -1.51. The van der Waals surface area contributed by atoms with Crippen LogP contribution >= 0.6 is 11.8 Å². The minimum atomic E-state index is -0.419. The first kappa shape index (κ1) is 14.6. The number of amides is 1. The fraction of sp³-hybridized carbons (Fsp3) is 0.308. The molecule has 1 amide bonds. The summed E-state index contributed by atoms with van der Waals surface area (Å²) in [7, 11) is 0. The number of hydrogen-bond donors (Lipinski definition) is 2. The van der Waals surface area contributed by atoms with E-state index in [-0.39, 0.29) is 12.5 Å². The minimum Gasteiger partial charge on any atom is -0.351 e. The summed E-state index contributed by atoms with van der Waals surface area (Å²) in [5.74, 6) is 5.49. The molecule has 96 valence electrons. The van der Waals surface area contributed by atoms with Crippen LogP contribution in [0.5, 0.6) is 0 Å². The number of rotatable bonds is 4. The summed E-state index contributed by atoms with van der Waals surface area (Å²) in [6, 6.07) is 3.92. The number of nitrogens with two attached hydrogens (primary N) is 1. The number of hydrogen-bond acceptors (Lipinski definition) is 3. The molecule has 0 aliphatic rings. The lowest BCUT2D eigenvalue weighted by Gasteiger charge is -2.06. The van der Waals surface area contributed by atoms with Gasteiger partial charge in [-0.1, -0.05) is 11.8 Å². The van der Waals surface area contributed by atoms with E-state index in [0.717, 1.165) is 5.75 Å². The Morgan fingerprint density at radius 2 is 2.33 bits per heavy atom. The third-order valence-electron chi connectivity index (χ3n) is 2.14. The molecule has 1 rings (SSSR count). The molecule has 0 fully saturated rings. The van der Waals surface area contributed by atoms with Crippen molar-refractivity contribution in [2.45, 2.75) is 0 Å². The van der Waals surface area contributed by atoms with Crippen LogP contribution in [0.1, 0.15) is 15.9 Å². The van der Waals surface area contributed by atoms with Gasteiger partial charge in [0.15, 0.2) is 0 Å². The van der Waals surface area contributed by atoms with Gasteiger partial charge >= 0.3 is 0 Å². The molecule has 1 aromatic rings. The van der Waals surface area contributed by atoms with Gasteiger partial charge in [0.25, 0.3) is 5.91 Å². The summed E-state index contributed by atoms with van der Waals surface area (Å²) in [6.07, 6.45) is 1.96. The van der Waals surface area contributed by atoms with Crippen molar-refractivity contribution in [2.75, 3.05) is 25.1 Å². The van der Waals surface area contributed by atoms with Gasteiger partial charge in [-0.05, 0) is 24.5 Å². The average Bonchev–Trinajstić information content (AvgIpc) is 2.36. The van der Waals surface area contributed by atoms with Crippen LogP contribution in [0.2, 0.25) is 0 Å². The second kappa shape index (κ2) is 7.75.